The summed E-state index contributed by atoms with van der Waals surface area (Å²) < 4.78 is 43.6. The maximum Gasteiger partial charge on any atom is 0.330 e. The summed E-state index contributed by atoms with van der Waals surface area (Å²) in [5.41, 5.74) is -0.717. The van der Waals surface area contributed by atoms with Gasteiger partial charge >= 0.3 is 5.69 Å². The maximum atomic E-state index is 13.4. The minimum atomic E-state index is -3.90. The fraction of sp³-hybridized carbons (Fsp3) is 0.462. The number of benzene rings is 2. The summed E-state index contributed by atoms with van der Waals surface area (Å²) in [5, 5.41) is 1.72. The quantitative estimate of drug-likeness (QED) is 0.438. The van der Waals surface area contributed by atoms with Crippen LogP contribution >= 0.6 is 0 Å². The van der Waals surface area contributed by atoms with Crippen LogP contribution in [0.1, 0.15) is 39.0 Å². The lowest BCUT2D eigenvalue weighted by Gasteiger charge is -2.37. The molecule has 3 atom stereocenters. The highest BCUT2D eigenvalue weighted by Crippen LogP contribution is 2.38. The Bertz CT molecular complexity index is 1520. The van der Waals surface area contributed by atoms with E-state index in [9.17, 15) is 18.0 Å². The first kappa shape index (κ1) is 27.5. The van der Waals surface area contributed by atoms with E-state index in [1.54, 1.807) is 25.1 Å². The molecule has 2 heterocycles. The molecular weight excluding hydrogens is 510 g/mol. The predicted molar refractivity (Wildman–Crippen MR) is 146 cm³/mol. The lowest BCUT2D eigenvalue weighted by Crippen LogP contribution is -2.47. The van der Waals surface area contributed by atoms with E-state index in [0.717, 1.165) is 10.8 Å². The third-order valence-corrected chi connectivity index (χ3v) is 13.4. The number of H-pyrrole nitrogens is 1. The molecule has 11 heteroatoms. The van der Waals surface area contributed by atoms with E-state index < -0.39 is 48.0 Å². The number of hydrogen-bond acceptors (Lipinski definition) is 6. The molecule has 1 aliphatic rings. The van der Waals surface area contributed by atoms with Gasteiger partial charge in [0.25, 0.3) is 5.56 Å². The molecule has 2 N–H and O–H groups in total. The van der Waals surface area contributed by atoms with Crippen molar-refractivity contribution in [3.05, 3.63) is 75.1 Å². The zero-order chi connectivity index (χ0) is 27.2. The highest BCUT2D eigenvalue weighted by molar-refractivity contribution is 7.89. The van der Waals surface area contributed by atoms with Crippen molar-refractivity contribution in [2.24, 2.45) is 0 Å². The standard InChI is InChI=1S/C26H35N3O6SSi/c1-17-15-29(25(31)27-24(17)30)23-14-21(22(35-23)16-34-37(5,6)26(2,3)4)28-36(32,33)20-12-11-18-9-7-8-10-19(18)13-20/h7-13,15,21-23,28H,14,16H2,1-6H3,(H,27,30,31)/t21-,22+,23+/m0/s1. The van der Waals surface area contributed by atoms with Crippen LogP contribution in [0.4, 0.5) is 0 Å². The van der Waals surface area contributed by atoms with Crippen LogP contribution in [0.5, 0.6) is 0 Å². The number of aryl methyl sites for hydroxylation is 1. The van der Waals surface area contributed by atoms with Gasteiger partial charge in [0.05, 0.1) is 23.6 Å². The summed E-state index contributed by atoms with van der Waals surface area (Å²) in [6, 6.07) is 11.9. The molecule has 0 spiro atoms. The van der Waals surface area contributed by atoms with Crippen molar-refractivity contribution in [2.45, 2.75) is 75.5 Å². The molecule has 0 amide bonds. The largest absolute Gasteiger partial charge is 0.414 e. The predicted octanol–water partition coefficient (Wildman–Crippen LogP) is 3.65. The molecule has 1 aliphatic heterocycles. The molecule has 1 aromatic heterocycles. The van der Waals surface area contributed by atoms with Gasteiger partial charge in [-0.05, 0) is 48.0 Å². The van der Waals surface area contributed by atoms with Gasteiger partial charge in [-0.15, -0.1) is 0 Å². The Morgan fingerprint density at radius 3 is 2.49 bits per heavy atom. The van der Waals surface area contributed by atoms with Crippen LogP contribution < -0.4 is 16.0 Å². The van der Waals surface area contributed by atoms with Crippen molar-refractivity contribution in [2.75, 3.05) is 6.61 Å². The molecule has 0 aliphatic carbocycles. The average Bonchev–Trinajstić information content (AvgIpc) is 3.20. The van der Waals surface area contributed by atoms with Gasteiger partial charge in [-0.2, -0.15) is 0 Å². The van der Waals surface area contributed by atoms with Gasteiger partial charge < -0.3 is 9.16 Å². The van der Waals surface area contributed by atoms with Crippen molar-refractivity contribution >= 4 is 29.1 Å². The number of aromatic amines is 1. The van der Waals surface area contributed by atoms with E-state index in [4.69, 9.17) is 9.16 Å². The van der Waals surface area contributed by atoms with Crippen LogP contribution in [0, 0.1) is 6.92 Å². The molecule has 1 saturated heterocycles. The van der Waals surface area contributed by atoms with Gasteiger partial charge in [0.1, 0.15) is 6.23 Å². The number of rotatable bonds is 7. The van der Waals surface area contributed by atoms with Crippen molar-refractivity contribution in [3.8, 4) is 0 Å². The number of sulfonamides is 1. The smallest absolute Gasteiger partial charge is 0.330 e. The molecule has 0 radical (unpaired) electrons. The Kier molecular flexibility index (Phi) is 7.39. The SMILES string of the molecule is Cc1cn([C@H]2C[C@H](NS(=O)(=O)c3ccc4ccccc4c3)[C@@H](CO[Si](C)(C)C(C)(C)C)O2)c(=O)[nH]c1=O. The van der Waals surface area contributed by atoms with Crippen molar-refractivity contribution in [1.82, 2.24) is 14.3 Å². The summed E-state index contributed by atoms with van der Waals surface area (Å²) in [4.78, 5) is 26.8. The van der Waals surface area contributed by atoms with Gasteiger partial charge in [-0.3, -0.25) is 14.3 Å². The van der Waals surface area contributed by atoms with Crippen LogP contribution in [0.3, 0.4) is 0 Å². The van der Waals surface area contributed by atoms with Gasteiger partial charge in [0.15, 0.2) is 8.32 Å². The fourth-order valence-electron chi connectivity index (χ4n) is 4.09. The third kappa shape index (κ3) is 5.80. The molecule has 3 aromatic rings. The zero-order valence-electron chi connectivity index (χ0n) is 22.1. The highest BCUT2D eigenvalue weighted by Gasteiger charge is 2.43. The van der Waals surface area contributed by atoms with Crippen molar-refractivity contribution < 1.29 is 17.6 Å². The van der Waals surface area contributed by atoms with E-state index >= 15 is 0 Å². The molecular formula is C26H35N3O6SSi. The fourth-order valence-corrected chi connectivity index (χ4v) is 6.41. The molecule has 2 aromatic carbocycles. The molecule has 0 bridgehead atoms. The van der Waals surface area contributed by atoms with E-state index in [1.807, 2.05) is 24.3 Å². The second kappa shape index (κ2) is 9.95. The Balaban J connectivity index is 1.64. The van der Waals surface area contributed by atoms with Crippen molar-refractivity contribution in [1.29, 1.82) is 0 Å². The van der Waals surface area contributed by atoms with Crippen molar-refractivity contribution in [3.63, 3.8) is 0 Å². The Labute approximate surface area is 218 Å². The normalized spacial score (nSPS) is 21.0. The van der Waals surface area contributed by atoms with E-state index in [1.165, 1.54) is 10.8 Å². The summed E-state index contributed by atoms with van der Waals surface area (Å²) >= 11 is 0. The van der Waals surface area contributed by atoms with Crippen LogP contribution in [0.15, 0.2) is 63.1 Å². The molecule has 200 valence electrons. The summed E-state index contributed by atoms with van der Waals surface area (Å²) in [5.74, 6) is 0. The molecule has 1 fully saturated rings. The minimum absolute atomic E-state index is 0.0436. The zero-order valence-corrected chi connectivity index (χ0v) is 23.9. The van der Waals surface area contributed by atoms with Crippen LogP contribution in [0.25, 0.3) is 10.8 Å². The Morgan fingerprint density at radius 1 is 1.14 bits per heavy atom. The first-order valence-electron chi connectivity index (χ1n) is 12.3. The number of ether oxygens (including phenoxy) is 1. The van der Waals surface area contributed by atoms with Crippen LogP contribution in [-0.4, -0.2) is 45.0 Å². The number of nitrogens with one attached hydrogen (secondary N) is 2. The van der Waals surface area contributed by atoms with Gasteiger partial charge in [0, 0.05) is 18.2 Å². The summed E-state index contributed by atoms with van der Waals surface area (Å²) in [6.45, 7) is 12.4. The lowest BCUT2D eigenvalue weighted by molar-refractivity contribution is -0.0255. The topological polar surface area (TPSA) is 119 Å². The average molecular weight is 546 g/mol. The van der Waals surface area contributed by atoms with E-state index in [-0.39, 0.29) is 23.0 Å². The number of nitrogens with zero attached hydrogens (tertiary/aromatic N) is 1. The molecule has 4 rings (SSSR count). The summed E-state index contributed by atoms with van der Waals surface area (Å²) in [6.07, 6.45) is 0.246. The van der Waals surface area contributed by atoms with E-state index in [0.29, 0.717) is 5.56 Å². The van der Waals surface area contributed by atoms with Gasteiger partial charge in [-0.25, -0.2) is 17.9 Å². The minimum Gasteiger partial charge on any atom is -0.414 e. The molecule has 9 nitrogen and oxygen atoms in total. The van der Waals surface area contributed by atoms with E-state index in [2.05, 4.69) is 43.6 Å². The molecule has 37 heavy (non-hydrogen) atoms. The second-order valence-electron chi connectivity index (χ2n) is 11.2. The number of fused-ring (bicyclic) bond motifs is 1. The van der Waals surface area contributed by atoms with Gasteiger partial charge in [0.2, 0.25) is 10.0 Å². The Hall–Kier alpha value is -2.57. The van der Waals surface area contributed by atoms with Gasteiger partial charge in [-0.1, -0.05) is 51.1 Å². The summed E-state index contributed by atoms with van der Waals surface area (Å²) in [7, 11) is -6.06. The van der Waals surface area contributed by atoms with Crippen LogP contribution in [-0.2, 0) is 19.2 Å². The highest BCUT2D eigenvalue weighted by atomic mass is 32.2. The third-order valence-electron chi connectivity index (χ3n) is 7.44. The number of hydrogen-bond donors (Lipinski definition) is 2. The lowest BCUT2D eigenvalue weighted by atomic mass is 10.1. The Morgan fingerprint density at radius 2 is 1.81 bits per heavy atom. The molecule has 0 unspecified atom stereocenters. The second-order valence-corrected chi connectivity index (χ2v) is 17.7. The molecule has 0 saturated carbocycles. The number of aromatic nitrogens is 2. The first-order valence-corrected chi connectivity index (χ1v) is 16.7. The van der Waals surface area contributed by atoms with Crippen LogP contribution in [0.2, 0.25) is 18.1 Å². The first-order chi connectivity index (χ1) is 17.2. The monoisotopic (exact) mass is 545 g/mol. The maximum absolute atomic E-state index is 13.4.